The topological polar surface area (TPSA) is 50.2 Å². The predicted octanol–water partition coefficient (Wildman–Crippen LogP) is 1.41. The molecule has 0 amide bonds. The van der Waals surface area contributed by atoms with E-state index in [-0.39, 0.29) is 11.6 Å². The first kappa shape index (κ1) is 14.7. The number of hydrogen-bond donors (Lipinski definition) is 1. The molecule has 2 aliphatic rings. The molecule has 0 spiro atoms. The fourth-order valence-electron chi connectivity index (χ4n) is 3.64. The lowest BCUT2D eigenvalue weighted by Gasteiger charge is -2.35. The van der Waals surface area contributed by atoms with E-state index in [0.29, 0.717) is 12.1 Å². The summed E-state index contributed by atoms with van der Waals surface area (Å²) in [6.45, 7) is 2.41. The van der Waals surface area contributed by atoms with Crippen molar-refractivity contribution in [3.8, 4) is 0 Å². The zero-order valence-corrected chi connectivity index (χ0v) is 12.9. The van der Waals surface area contributed by atoms with Gasteiger partial charge in [0, 0.05) is 24.3 Å². The smallest absolute Gasteiger partial charge is 0.266 e. The minimum Gasteiger partial charge on any atom is -0.311 e. The maximum atomic E-state index is 11.8. The van der Waals surface area contributed by atoms with Gasteiger partial charge in [-0.1, -0.05) is 0 Å². The lowest BCUT2D eigenvalue weighted by atomic mass is 9.90. The molecule has 1 aromatic rings. The molecule has 116 valence electrons. The van der Waals surface area contributed by atoms with Gasteiger partial charge in [0.15, 0.2) is 0 Å². The fraction of sp³-hybridized carbons (Fsp3) is 0.750. The highest BCUT2D eigenvalue weighted by molar-refractivity contribution is 4.90. The Morgan fingerprint density at radius 1 is 1.10 bits per heavy atom. The van der Waals surface area contributed by atoms with Crippen molar-refractivity contribution in [2.45, 2.75) is 56.7 Å². The molecular formula is C16H26N4O. The van der Waals surface area contributed by atoms with Crippen molar-refractivity contribution in [1.29, 1.82) is 0 Å². The van der Waals surface area contributed by atoms with Crippen molar-refractivity contribution in [2.24, 2.45) is 0 Å². The van der Waals surface area contributed by atoms with Crippen LogP contribution in [0.25, 0.3) is 0 Å². The summed E-state index contributed by atoms with van der Waals surface area (Å²) in [6, 6.07) is 4.91. The SMILES string of the molecule is CN1CCC(NC2CCC(n3ncccc3=O)CC2)CC1. The molecule has 21 heavy (non-hydrogen) atoms. The van der Waals surface area contributed by atoms with Crippen molar-refractivity contribution in [1.82, 2.24) is 20.0 Å². The zero-order chi connectivity index (χ0) is 14.7. The van der Waals surface area contributed by atoms with Crippen LogP contribution in [0.1, 0.15) is 44.6 Å². The Morgan fingerprint density at radius 2 is 1.76 bits per heavy atom. The molecule has 0 radical (unpaired) electrons. The molecule has 1 N–H and O–H groups in total. The summed E-state index contributed by atoms with van der Waals surface area (Å²) in [5.74, 6) is 0. The van der Waals surface area contributed by atoms with Gasteiger partial charge < -0.3 is 10.2 Å². The van der Waals surface area contributed by atoms with Crippen LogP contribution in [0.3, 0.4) is 0 Å². The second-order valence-electron chi connectivity index (χ2n) is 6.56. The third kappa shape index (κ3) is 3.71. The van der Waals surface area contributed by atoms with Crippen molar-refractivity contribution >= 4 is 0 Å². The molecule has 0 bridgehead atoms. The first-order chi connectivity index (χ1) is 10.2. The maximum absolute atomic E-state index is 11.8. The molecule has 3 rings (SSSR count). The Bertz CT molecular complexity index is 499. The Hall–Kier alpha value is -1.20. The molecule has 1 aromatic heterocycles. The van der Waals surface area contributed by atoms with Crippen molar-refractivity contribution in [3.63, 3.8) is 0 Å². The molecule has 1 aliphatic heterocycles. The van der Waals surface area contributed by atoms with Crippen LogP contribution < -0.4 is 10.9 Å². The minimum absolute atomic E-state index is 0.0317. The van der Waals surface area contributed by atoms with Gasteiger partial charge in [-0.25, -0.2) is 4.68 Å². The van der Waals surface area contributed by atoms with Gasteiger partial charge in [0.25, 0.3) is 5.56 Å². The summed E-state index contributed by atoms with van der Waals surface area (Å²) in [5, 5.41) is 8.06. The Morgan fingerprint density at radius 3 is 2.43 bits per heavy atom. The van der Waals surface area contributed by atoms with Crippen molar-refractivity contribution in [2.75, 3.05) is 20.1 Å². The number of piperidine rings is 1. The highest BCUT2D eigenvalue weighted by Crippen LogP contribution is 2.27. The van der Waals surface area contributed by atoms with Gasteiger partial charge in [-0.15, -0.1) is 0 Å². The maximum Gasteiger partial charge on any atom is 0.266 e. The van der Waals surface area contributed by atoms with Crippen LogP contribution in [0.2, 0.25) is 0 Å². The van der Waals surface area contributed by atoms with Crippen LogP contribution in [0, 0.1) is 0 Å². The summed E-state index contributed by atoms with van der Waals surface area (Å²) < 4.78 is 1.67. The summed E-state index contributed by atoms with van der Waals surface area (Å²) in [6.07, 6.45) is 8.65. The van der Waals surface area contributed by atoms with E-state index >= 15 is 0 Å². The van der Waals surface area contributed by atoms with Crippen molar-refractivity contribution < 1.29 is 0 Å². The standard InChI is InChI=1S/C16H26N4O/c1-19-11-8-14(9-12-19)18-13-4-6-15(7-5-13)20-16(21)3-2-10-17-20/h2-3,10,13-15,18H,4-9,11-12H2,1H3. The Kier molecular flexibility index (Phi) is 4.70. The summed E-state index contributed by atoms with van der Waals surface area (Å²) in [5.41, 5.74) is 0.0317. The van der Waals surface area contributed by atoms with Crippen LogP contribution in [0.15, 0.2) is 23.1 Å². The molecule has 5 heteroatoms. The molecule has 1 saturated heterocycles. The number of nitrogens with zero attached hydrogens (tertiary/aromatic N) is 3. The molecule has 1 aliphatic carbocycles. The Balaban J connectivity index is 1.49. The normalized spacial score (nSPS) is 28.6. The summed E-state index contributed by atoms with van der Waals surface area (Å²) >= 11 is 0. The van der Waals surface area contributed by atoms with Crippen LogP contribution in [-0.4, -0.2) is 46.9 Å². The number of nitrogens with one attached hydrogen (secondary N) is 1. The van der Waals surface area contributed by atoms with E-state index in [1.165, 1.54) is 25.9 Å². The molecule has 1 saturated carbocycles. The molecule has 0 unspecified atom stereocenters. The van der Waals surface area contributed by atoms with Crippen LogP contribution >= 0.6 is 0 Å². The Labute approximate surface area is 126 Å². The van der Waals surface area contributed by atoms with Crippen molar-refractivity contribution in [3.05, 3.63) is 28.7 Å². The zero-order valence-electron chi connectivity index (χ0n) is 12.9. The molecule has 0 aromatic carbocycles. The largest absolute Gasteiger partial charge is 0.311 e. The second kappa shape index (κ2) is 6.71. The average Bonchev–Trinajstić information content (AvgIpc) is 2.51. The molecule has 0 atom stereocenters. The van der Waals surface area contributed by atoms with Gasteiger partial charge in [0.1, 0.15) is 0 Å². The van der Waals surface area contributed by atoms with Crippen LogP contribution in [0.4, 0.5) is 0 Å². The summed E-state index contributed by atoms with van der Waals surface area (Å²) in [7, 11) is 2.20. The van der Waals surface area contributed by atoms with E-state index in [1.807, 2.05) is 0 Å². The van der Waals surface area contributed by atoms with Gasteiger partial charge in [-0.05, 0) is 64.7 Å². The fourth-order valence-corrected chi connectivity index (χ4v) is 3.64. The monoisotopic (exact) mass is 290 g/mol. The van der Waals surface area contributed by atoms with E-state index < -0.39 is 0 Å². The second-order valence-corrected chi connectivity index (χ2v) is 6.56. The van der Waals surface area contributed by atoms with E-state index in [9.17, 15) is 4.79 Å². The van der Waals surface area contributed by atoms with Crippen LogP contribution in [-0.2, 0) is 0 Å². The third-order valence-corrected chi connectivity index (χ3v) is 4.97. The first-order valence-corrected chi connectivity index (χ1v) is 8.21. The van der Waals surface area contributed by atoms with Gasteiger partial charge in [-0.3, -0.25) is 4.79 Å². The van der Waals surface area contributed by atoms with Gasteiger partial charge in [0.05, 0.1) is 6.04 Å². The number of likely N-dealkylation sites (tertiary alicyclic amines) is 1. The van der Waals surface area contributed by atoms with Gasteiger partial charge >= 0.3 is 0 Å². The lowest BCUT2D eigenvalue weighted by Crippen LogP contribution is -2.46. The lowest BCUT2D eigenvalue weighted by molar-refractivity contribution is 0.199. The summed E-state index contributed by atoms with van der Waals surface area (Å²) in [4.78, 5) is 14.2. The van der Waals surface area contributed by atoms with Gasteiger partial charge in [0.2, 0.25) is 0 Å². The number of rotatable bonds is 3. The van der Waals surface area contributed by atoms with E-state index in [1.54, 1.807) is 23.0 Å². The van der Waals surface area contributed by atoms with Gasteiger partial charge in [-0.2, -0.15) is 5.10 Å². The molecular weight excluding hydrogens is 264 g/mol. The van der Waals surface area contributed by atoms with E-state index in [0.717, 1.165) is 25.7 Å². The van der Waals surface area contributed by atoms with E-state index in [4.69, 9.17) is 0 Å². The quantitative estimate of drug-likeness (QED) is 0.914. The van der Waals surface area contributed by atoms with Crippen LogP contribution in [0.5, 0.6) is 0 Å². The predicted molar refractivity (Wildman–Crippen MR) is 83.4 cm³/mol. The highest BCUT2D eigenvalue weighted by Gasteiger charge is 2.26. The highest BCUT2D eigenvalue weighted by atomic mass is 16.1. The van der Waals surface area contributed by atoms with E-state index in [2.05, 4.69) is 22.4 Å². The number of hydrogen-bond acceptors (Lipinski definition) is 4. The molecule has 2 fully saturated rings. The third-order valence-electron chi connectivity index (χ3n) is 4.97. The minimum atomic E-state index is 0.0317. The average molecular weight is 290 g/mol. The first-order valence-electron chi connectivity index (χ1n) is 8.21. The molecule has 2 heterocycles. The molecule has 5 nitrogen and oxygen atoms in total. The number of aromatic nitrogens is 2.